The van der Waals surface area contributed by atoms with E-state index in [-0.39, 0.29) is 44.5 Å². The number of carbonyl (C=O) groups is 3. The average molecular weight is 919 g/mol. The molecule has 4 aliphatic rings. The van der Waals surface area contributed by atoms with Crippen LogP contribution in [0.1, 0.15) is 43.7 Å². The Morgan fingerprint density at radius 2 is 1.05 bits per heavy atom. The lowest BCUT2D eigenvalue weighted by Crippen LogP contribution is -2.69. The van der Waals surface area contributed by atoms with E-state index in [9.17, 15) is 14.4 Å². The van der Waals surface area contributed by atoms with Crippen LogP contribution in [0.5, 0.6) is 0 Å². The number of methoxy groups -OCH3 is 8. The zero-order chi connectivity index (χ0) is 46.8. The van der Waals surface area contributed by atoms with Gasteiger partial charge in [0.15, 0.2) is 18.8 Å². The molecule has 2 N–H and O–H groups in total. The Morgan fingerprint density at radius 1 is 0.554 bits per heavy atom. The van der Waals surface area contributed by atoms with Crippen molar-refractivity contribution in [2.24, 2.45) is 0 Å². The van der Waals surface area contributed by atoms with Gasteiger partial charge in [0.1, 0.15) is 67.6 Å². The third-order valence-electron chi connectivity index (χ3n) is 12.5. The minimum atomic E-state index is -1.11. The van der Waals surface area contributed by atoms with Gasteiger partial charge in [-0.15, -0.1) is 0 Å². The van der Waals surface area contributed by atoms with Crippen LogP contribution in [0.2, 0.25) is 0 Å². The Hall–Kier alpha value is -3.67. The minimum Gasteiger partial charge on any atom is -0.465 e. The molecule has 65 heavy (non-hydrogen) atoms. The van der Waals surface area contributed by atoms with E-state index in [4.69, 9.17) is 66.3 Å². The number of ether oxygens (including phenoxy) is 14. The molecule has 14 unspecified atom stereocenters. The van der Waals surface area contributed by atoms with E-state index in [2.05, 4.69) is 22.8 Å². The second-order valence-electron chi connectivity index (χ2n) is 16.4. The Balaban J connectivity index is 1.11. The average Bonchev–Trinajstić information content (AvgIpc) is 3.62. The molecule has 0 spiro atoms. The van der Waals surface area contributed by atoms with E-state index in [1.54, 1.807) is 6.92 Å². The zero-order valence-electron chi connectivity index (χ0n) is 38.8. The molecule has 0 bridgehead atoms. The van der Waals surface area contributed by atoms with E-state index in [0.29, 0.717) is 0 Å². The maximum Gasteiger partial charge on any atom is 0.306 e. The van der Waals surface area contributed by atoms with Crippen LogP contribution in [0.4, 0.5) is 0 Å². The predicted octanol–water partition coefficient (Wildman–Crippen LogP) is 2.09. The largest absolute Gasteiger partial charge is 0.465 e. The predicted molar refractivity (Wildman–Crippen MR) is 230 cm³/mol. The molecule has 3 saturated heterocycles. The summed E-state index contributed by atoms with van der Waals surface area (Å²) in [6.07, 6.45) is -12.2. The monoisotopic (exact) mass is 918 g/mol. The Labute approximate surface area is 380 Å². The first-order chi connectivity index (χ1) is 31.5. The molecule has 6 rings (SSSR count). The number of benzene rings is 2. The molecule has 3 heterocycles. The summed E-state index contributed by atoms with van der Waals surface area (Å²) in [6, 6.07) is 15.6. The molecular weight excluding hydrogens is 853 g/mol. The summed E-state index contributed by atoms with van der Waals surface area (Å²) in [5.74, 6) is -1.31. The lowest BCUT2D eigenvalue weighted by atomic mass is 9.94. The maximum atomic E-state index is 13.4. The Bertz CT molecular complexity index is 1810. The summed E-state index contributed by atoms with van der Waals surface area (Å²) < 4.78 is 85.2. The van der Waals surface area contributed by atoms with E-state index >= 15 is 0 Å². The lowest BCUT2D eigenvalue weighted by Gasteiger charge is -2.51. The summed E-state index contributed by atoms with van der Waals surface area (Å²) in [5.41, 5.74) is 4.44. The number of hydrogen-bond donors (Lipinski definition) is 2. The van der Waals surface area contributed by atoms with Crippen molar-refractivity contribution in [2.75, 3.05) is 76.7 Å². The van der Waals surface area contributed by atoms with Crippen molar-refractivity contribution in [1.82, 2.24) is 10.6 Å². The van der Waals surface area contributed by atoms with Crippen LogP contribution in [0.15, 0.2) is 48.5 Å². The van der Waals surface area contributed by atoms with Gasteiger partial charge in [-0.2, -0.15) is 0 Å². The van der Waals surface area contributed by atoms with Gasteiger partial charge in [0, 0.05) is 76.1 Å². The fraction of sp³-hybridized carbons (Fsp3) is 0.674. The van der Waals surface area contributed by atoms with Crippen molar-refractivity contribution in [3.05, 3.63) is 59.7 Å². The number of nitrogens with one attached hydrogen (secondary N) is 2. The van der Waals surface area contributed by atoms with Crippen LogP contribution >= 0.6 is 0 Å². The number of carbonyl (C=O) groups excluding carboxylic acids is 3. The first-order valence-corrected chi connectivity index (χ1v) is 21.8. The number of amides is 2. The van der Waals surface area contributed by atoms with Gasteiger partial charge in [0.2, 0.25) is 11.8 Å². The van der Waals surface area contributed by atoms with E-state index in [1.807, 2.05) is 36.4 Å². The second kappa shape index (κ2) is 23.9. The zero-order valence-corrected chi connectivity index (χ0v) is 38.8. The van der Waals surface area contributed by atoms with Gasteiger partial charge in [0.25, 0.3) is 0 Å². The van der Waals surface area contributed by atoms with E-state index < -0.39 is 104 Å². The summed E-state index contributed by atoms with van der Waals surface area (Å²) >= 11 is 0. The normalized spacial score (nSPS) is 33.5. The third-order valence-corrected chi connectivity index (χ3v) is 12.5. The summed E-state index contributed by atoms with van der Waals surface area (Å²) in [4.78, 5) is 38.5. The van der Waals surface area contributed by atoms with Gasteiger partial charge in [-0.25, -0.2) is 0 Å². The molecule has 3 aliphatic heterocycles. The van der Waals surface area contributed by atoms with Crippen LogP contribution in [-0.4, -0.2) is 186 Å². The molecule has 0 radical (unpaired) electrons. The first-order valence-electron chi connectivity index (χ1n) is 21.8. The van der Waals surface area contributed by atoms with Gasteiger partial charge in [0.05, 0.1) is 31.8 Å². The van der Waals surface area contributed by atoms with Crippen molar-refractivity contribution in [3.8, 4) is 11.1 Å². The molecule has 0 aromatic heterocycles. The molecule has 3 fully saturated rings. The molecule has 362 valence electrons. The van der Waals surface area contributed by atoms with Crippen molar-refractivity contribution in [1.29, 1.82) is 0 Å². The van der Waals surface area contributed by atoms with Crippen molar-refractivity contribution < 1.29 is 80.7 Å². The lowest BCUT2D eigenvalue weighted by molar-refractivity contribution is -0.374. The quantitative estimate of drug-likeness (QED) is 0.172. The van der Waals surface area contributed by atoms with Gasteiger partial charge in [-0.1, -0.05) is 48.5 Å². The molecular formula is C46H66N2O17. The fourth-order valence-electron chi connectivity index (χ4n) is 9.50. The van der Waals surface area contributed by atoms with Crippen LogP contribution < -0.4 is 10.6 Å². The highest BCUT2D eigenvalue weighted by Gasteiger charge is 2.56. The Morgan fingerprint density at radius 3 is 1.57 bits per heavy atom. The Kier molecular flexibility index (Phi) is 18.6. The summed E-state index contributed by atoms with van der Waals surface area (Å²) in [6.45, 7) is 3.45. The van der Waals surface area contributed by atoms with Crippen molar-refractivity contribution in [3.63, 3.8) is 0 Å². The smallest absolute Gasteiger partial charge is 0.306 e. The van der Waals surface area contributed by atoms with Gasteiger partial charge < -0.3 is 76.9 Å². The highest BCUT2D eigenvalue weighted by molar-refractivity contribution is 5.82. The number of fused-ring (bicyclic) bond motifs is 3. The van der Waals surface area contributed by atoms with Crippen molar-refractivity contribution >= 4 is 17.8 Å². The standard InChI is InChI=1S/C46H66N2O17/c1-24-35(47-25(2)49)38(54-5)42(58-9)45(61-24)64-37-32(23-53-4)63-46(43(59-10)40(37)56-7)65-36-31(22-52-3)62-44(41(57-8)39(36)55-6)48-33(50)19-20-34(51)60-21-30-28-17-13-11-15-26(28)27-16-12-14-18-29(27)30/h11-18,24,30-32,35-46H,19-23H2,1-10H3,(H,47,49)(H,48,50)/t24?,31?,32?,35-,36?,37?,38?,39?,40?,41?,42?,43?,44?,45?,46?/m1/s1. The second-order valence-corrected chi connectivity index (χ2v) is 16.4. The maximum absolute atomic E-state index is 13.4. The van der Waals surface area contributed by atoms with E-state index in [0.717, 1.165) is 22.3 Å². The van der Waals surface area contributed by atoms with Gasteiger partial charge >= 0.3 is 5.97 Å². The third kappa shape index (κ3) is 11.4. The highest BCUT2D eigenvalue weighted by atomic mass is 16.8. The number of esters is 1. The van der Waals surface area contributed by atoms with Gasteiger partial charge in [-0.3, -0.25) is 14.4 Å². The summed E-state index contributed by atoms with van der Waals surface area (Å²) in [5, 5.41) is 5.76. The molecule has 15 atom stereocenters. The fourth-order valence-corrected chi connectivity index (χ4v) is 9.50. The highest BCUT2D eigenvalue weighted by Crippen LogP contribution is 2.44. The molecule has 1 aliphatic carbocycles. The molecule has 2 amide bonds. The van der Waals surface area contributed by atoms with E-state index in [1.165, 1.54) is 63.8 Å². The molecule has 0 saturated carbocycles. The topological polar surface area (TPSA) is 204 Å². The summed E-state index contributed by atoms with van der Waals surface area (Å²) in [7, 11) is 12.0. The van der Waals surface area contributed by atoms with Crippen molar-refractivity contribution in [2.45, 2.75) is 125 Å². The van der Waals surface area contributed by atoms with Crippen LogP contribution in [-0.2, 0) is 80.7 Å². The molecule has 2 aromatic carbocycles. The SMILES string of the molecule is COCC1OC(NC(=O)CCC(=O)OCC2c3ccccc3-c3ccccc32)C(OC)C(OC)C1OC1OC(COC)C(OC2OC(C)[C@@H](NC(C)=O)C(OC)C2OC)C(OC)C1OC. The molecule has 19 heteroatoms. The van der Waals surface area contributed by atoms with Crippen LogP contribution in [0, 0.1) is 0 Å². The number of hydrogen-bond acceptors (Lipinski definition) is 17. The molecule has 2 aromatic rings. The van der Waals surface area contributed by atoms with Crippen LogP contribution in [0.25, 0.3) is 11.1 Å². The minimum absolute atomic E-state index is 0.0220. The first kappa shape index (κ1) is 50.7. The number of rotatable bonds is 21. The van der Waals surface area contributed by atoms with Gasteiger partial charge in [-0.05, 0) is 29.2 Å². The van der Waals surface area contributed by atoms with Crippen LogP contribution in [0.3, 0.4) is 0 Å². The molecule has 19 nitrogen and oxygen atoms in total.